The van der Waals surface area contributed by atoms with Crippen molar-refractivity contribution in [1.29, 1.82) is 15.8 Å². The Kier molecular flexibility index (Phi) is 9.09. The zero-order chi connectivity index (χ0) is 28.6. The highest BCUT2D eigenvalue weighted by Gasteiger charge is 2.38. The molecule has 2 amide bonds. The number of carbonyl (C=O) groups excluding carboxylic acids is 3. The van der Waals surface area contributed by atoms with Gasteiger partial charge in [-0.05, 0) is 50.8 Å². The van der Waals surface area contributed by atoms with E-state index in [0.29, 0.717) is 47.9 Å². The monoisotopic (exact) mass is 529 g/mol. The van der Waals surface area contributed by atoms with Crippen molar-refractivity contribution in [3.05, 3.63) is 52.3 Å². The maximum atomic E-state index is 11.9. The van der Waals surface area contributed by atoms with Crippen LogP contribution in [-0.4, -0.2) is 35.1 Å². The second-order valence-electron chi connectivity index (χ2n) is 9.28. The van der Waals surface area contributed by atoms with E-state index < -0.39 is 23.4 Å². The summed E-state index contributed by atoms with van der Waals surface area (Å²) in [6, 6.07) is 10.8. The van der Waals surface area contributed by atoms with E-state index in [1.807, 2.05) is 6.07 Å². The Labute approximate surface area is 225 Å². The number of nitrogens with zero attached hydrogens (tertiary/aromatic N) is 4. The van der Waals surface area contributed by atoms with Crippen LogP contribution in [0.5, 0.6) is 5.75 Å². The van der Waals surface area contributed by atoms with Gasteiger partial charge < -0.3 is 20.0 Å². The van der Waals surface area contributed by atoms with Crippen LogP contribution in [0.15, 0.2) is 46.8 Å². The summed E-state index contributed by atoms with van der Waals surface area (Å²) in [5.41, 5.74) is 6.70. The molecule has 1 aromatic carbocycles. The molecule has 3 rings (SSSR count). The summed E-state index contributed by atoms with van der Waals surface area (Å²) in [6.07, 6.45) is 5.43. The maximum absolute atomic E-state index is 11.9. The molecule has 2 aliphatic heterocycles. The second-order valence-corrected chi connectivity index (χ2v) is 9.28. The Morgan fingerprint density at radius 1 is 1.10 bits per heavy atom. The lowest BCUT2D eigenvalue weighted by atomic mass is 9.94. The maximum Gasteiger partial charge on any atom is 0.333 e. The van der Waals surface area contributed by atoms with Gasteiger partial charge in [0, 0.05) is 24.8 Å². The number of amides is 2. The molecule has 0 atom stereocenters. The predicted molar refractivity (Wildman–Crippen MR) is 137 cm³/mol. The number of hydrogen-bond acceptors (Lipinski definition) is 10. The quantitative estimate of drug-likeness (QED) is 0.203. The molecular formula is C28H27N5O6. The fourth-order valence-corrected chi connectivity index (χ4v) is 3.98. The summed E-state index contributed by atoms with van der Waals surface area (Å²) in [5.74, 6) is -1.20. The number of hydroxylamine groups is 2. The van der Waals surface area contributed by atoms with E-state index >= 15 is 0 Å². The van der Waals surface area contributed by atoms with Crippen molar-refractivity contribution < 1.29 is 28.7 Å². The minimum Gasteiger partial charge on any atom is -0.491 e. The third kappa shape index (κ3) is 6.82. The van der Waals surface area contributed by atoms with Crippen molar-refractivity contribution in [3.8, 4) is 24.0 Å². The molecule has 2 aliphatic rings. The molecule has 0 saturated carbocycles. The summed E-state index contributed by atoms with van der Waals surface area (Å²) in [4.78, 5) is 39.7. The van der Waals surface area contributed by atoms with Gasteiger partial charge >= 0.3 is 5.97 Å². The first kappa shape index (κ1) is 28.5. The van der Waals surface area contributed by atoms with Crippen LogP contribution in [0.1, 0.15) is 57.9 Å². The van der Waals surface area contributed by atoms with E-state index in [0.717, 1.165) is 5.56 Å². The summed E-state index contributed by atoms with van der Waals surface area (Å²) in [6.45, 7) is 3.83. The largest absolute Gasteiger partial charge is 0.491 e. The van der Waals surface area contributed by atoms with Gasteiger partial charge in [0.25, 0.3) is 11.8 Å². The normalized spacial score (nSPS) is 16.1. The van der Waals surface area contributed by atoms with Crippen molar-refractivity contribution in [2.75, 3.05) is 12.3 Å². The van der Waals surface area contributed by atoms with E-state index in [2.05, 4.69) is 0 Å². The molecule has 0 radical (unpaired) electrons. The first-order valence-electron chi connectivity index (χ1n) is 12.3. The van der Waals surface area contributed by atoms with Crippen molar-refractivity contribution in [2.24, 2.45) is 0 Å². The Morgan fingerprint density at radius 2 is 1.79 bits per heavy atom. The van der Waals surface area contributed by atoms with E-state index in [1.165, 1.54) is 0 Å². The number of nitrogen functional groups attached to an aromatic ring is 1. The zero-order valence-electron chi connectivity index (χ0n) is 21.7. The number of rotatable bonds is 10. The molecule has 200 valence electrons. The van der Waals surface area contributed by atoms with Crippen LogP contribution in [-0.2, 0) is 24.0 Å². The predicted octanol–water partition coefficient (Wildman–Crippen LogP) is 3.76. The molecule has 0 unspecified atom stereocenters. The number of allylic oxidation sites excluding steroid dienone is 2. The van der Waals surface area contributed by atoms with E-state index in [1.54, 1.807) is 56.3 Å². The molecule has 0 aromatic heterocycles. The summed E-state index contributed by atoms with van der Waals surface area (Å²) in [7, 11) is 0. The number of anilines is 1. The van der Waals surface area contributed by atoms with Gasteiger partial charge in [0.05, 0.1) is 12.3 Å². The number of benzene rings is 1. The van der Waals surface area contributed by atoms with Crippen LogP contribution in [0.3, 0.4) is 0 Å². The number of hydrogen-bond donors (Lipinski definition) is 1. The molecular weight excluding hydrogens is 502 g/mol. The summed E-state index contributed by atoms with van der Waals surface area (Å²) in [5, 5.41) is 28.6. The second kappa shape index (κ2) is 12.4. The number of nitriles is 3. The van der Waals surface area contributed by atoms with Gasteiger partial charge in [0.2, 0.25) is 0 Å². The minimum absolute atomic E-state index is 0.0280. The third-order valence-corrected chi connectivity index (χ3v) is 6.03. The molecule has 0 spiro atoms. The van der Waals surface area contributed by atoms with E-state index in [9.17, 15) is 30.2 Å². The van der Waals surface area contributed by atoms with Crippen LogP contribution in [0.2, 0.25) is 0 Å². The third-order valence-electron chi connectivity index (χ3n) is 6.03. The van der Waals surface area contributed by atoms with E-state index in [4.69, 9.17) is 20.0 Å². The van der Waals surface area contributed by atoms with Crippen molar-refractivity contribution >= 4 is 29.5 Å². The minimum atomic E-state index is -0.922. The highest BCUT2D eigenvalue weighted by molar-refractivity contribution is 6.01. The van der Waals surface area contributed by atoms with Crippen LogP contribution in [0.25, 0.3) is 6.08 Å². The Hall–Kier alpha value is -5.08. The van der Waals surface area contributed by atoms with Crippen LogP contribution in [0.4, 0.5) is 5.69 Å². The average Bonchev–Trinajstić information content (AvgIpc) is 3.35. The van der Waals surface area contributed by atoms with Gasteiger partial charge in [-0.1, -0.05) is 18.2 Å². The number of carbonyl (C=O) groups is 3. The van der Waals surface area contributed by atoms with Gasteiger partial charge in [-0.15, -0.1) is 5.06 Å². The molecule has 1 saturated heterocycles. The lowest BCUT2D eigenvalue weighted by Gasteiger charge is -2.20. The Morgan fingerprint density at radius 3 is 2.44 bits per heavy atom. The molecule has 1 fully saturated rings. The molecule has 1 aromatic rings. The van der Waals surface area contributed by atoms with Crippen LogP contribution < -0.4 is 10.5 Å². The molecule has 2 heterocycles. The topological polar surface area (TPSA) is 180 Å². The molecule has 11 heteroatoms. The number of imide groups is 1. The van der Waals surface area contributed by atoms with Crippen molar-refractivity contribution in [1.82, 2.24) is 5.06 Å². The van der Waals surface area contributed by atoms with E-state index in [-0.39, 0.29) is 36.2 Å². The number of unbranched alkanes of at least 4 members (excludes halogenated alkanes) is 2. The highest BCUT2D eigenvalue weighted by Crippen LogP contribution is 2.40. The molecule has 11 nitrogen and oxygen atoms in total. The van der Waals surface area contributed by atoms with Gasteiger partial charge in [0.1, 0.15) is 35.1 Å². The Balaban J connectivity index is 1.56. The molecule has 0 aliphatic carbocycles. The zero-order valence-corrected chi connectivity index (χ0v) is 21.7. The summed E-state index contributed by atoms with van der Waals surface area (Å²) < 4.78 is 11.6. The fourth-order valence-electron chi connectivity index (χ4n) is 3.98. The van der Waals surface area contributed by atoms with Gasteiger partial charge in [0.15, 0.2) is 11.3 Å². The number of nitrogens with two attached hydrogens (primary N) is 1. The van der Waals surface area contributed by atoms with Crippen molar-refractivity contribution in [3.63, 3.8) is 0 Å². The fraction of sp³-hybridized carbons (Fsp3) is 0.357. The standard InChI is InChI=1S/C28H27N5O6/c1-28(2)21(20(17-31)27(38-28)19(15-29)16-30)9-7-18-8-10-22(32)23(14-18)37-13-5-3-4-6-26(36)39-33-24(34)11-12-25(33)35/h7-10,14H,3-6,11-13,32H2,1-2H3/b9-7+. The Bertz CT molecular complexity index is 1370. The molecule has 39 heavy (non-hydrogen) atoms. The molecule has 0 bridgehead atoms. The van der Waals surface area contributed by atoms with Gasteiger partial charge in [-0.2, -0.15) is 15.8 Å². The lowest BCUT2D eigenvalue weighted by molar-refractivity contribution is -0.197. The van der Waals surface area contributed by atoms with Gasteiger partial charge in [-0.3, -0.25) is 9.59 Å². The van der Waals surface area contributed by atoms with Crippen LogP contribution >= 0.6 is 0 Å². The van der Waals surface area contributed by atoms with Crippen molar-refractivity contribution in [2.45, 2.75) is 58.0 Å². The SMILES string of the molecule is CC1(C)OC(=C(C#N)C#N)C(C#N)=C1/C=C/c1ccc(N)c(OCCCCCC(=O)ON2C(=O)CCC2=O)c1. The first-order valence-corrected chi connectivity index (χ1v) is 12.3. The number of ether oxygens (including phenoxy) is 2. The van der Waals surface area contributed by atoms with Crippen LogP contribution in [0, 0.1) is 34.0 Å². The highest BCUT2D eigenvalue weighted by atomic mass is 16.7. The molecule has 2 N–H and O–H groups in total. The smallest absolute Gasteiger partial charge is 0.333 e. The first-order chi connectivity index (χ1) is 18.6. The average molecular weight is 530 g/mol. The summed E-state index contributed by atoms with van der Waals surface area (Å²) >= 11 is 0. The van der Waals surface area contributed by atoms with Gasteiger partial charge in [-0.25, -0.2) is 4.79 Å². The lowest BCUT2D eigenvalue weighted by Crippen LogP contribution is -2.31.